The normalized spacial score (nSPS) is 21.5. The highest BCUT2D eigenvalue weighted by Crippen LogP contribution is 2.27. The number of alkyl carbamates (subject to hydrolysis) is 1. The minimum atomic E-state index is -1.57. The summed E-state index contributed by atoms with van der Waals surface area (Å²) in [6, 6.07) is 34.5. The van der Waals surface area contributed by atoms with Crippen LogP contribution in [0.1, 0.15) is 54.0 Å². The summed E-state index contributed by atoms with van der Waals surface area (Å²) in [7, 11) is 0. The minimum Gasteiger partial charge on any atom is -0.489 e. The van der Waals surface area contributed by atoms with Crippen molar-refractivity contribution < 1.29 is 43.0 Å². The number of fused-ring (bicyclic) bond motifs is 2. The summed E-state index contributed by atoms with van der Waals surface area (Å²) >= 11 is 0. The fourth-order valence-electron chi connectivity index (χ4n) is 9.38. The zero-order chi connectivity index (χ0) is 54.1. The SMILES string of the molecule is NCCCCC1NC(=O)[C@@H](Nc2c[nH]c3ccccc23)NC(=O)[C@H](c2ccccc2)NC(=O)[C@@H]2C[C@@H](OC(=O)NCCN)CN2C(=O)[C@H](Cc2ccccc2)NC(=O)[C@H](Cc2ccc(OCc3ccccc3)cc2)NC1=O. The molecule has 12 N–H and O–H groups in total. The van der Waals surface area contributed by atoms with Gasteiger partial charge in [-0.3, -0.25) is 28.8 Å². The van der Waals surface area contributed by atoms with Crippen LogP contribution < -0.4 is 53.4 Å². The molecule has 1 aromatic heterocycles. The predicted molar refractivity (Wildman–Crippen MR) is 288 cm³/mol. The van der Waals surface area contributed by atoms with E-state index in [4.69, 9.17) is 20.9 Å². The summed E-state index contributed by atoms with van der Waals surface area (Å²) in [6.45, 7) is 0.581. The van der Waals surface area contributed by atoms with E-state index in [-0.39, 0.29) is 45.3 Å². The van der Waals surface area contributed by atoms with E-state index >= 15 is 9.59 Å². The largest absolute Gasteiger partial charge is 0.489 e. The lowest BCUT2D eigenvalue weighted by Gasteiger charge is -2.32. The molecule has 6 aromatic rings. The zero-order valence-corrected chi connectivity index (χ0v) is 42.5. The van der Waals surface area contributed by atoms with Crippen molar-refractivity contribution in [2.75, 3.05) is 31.5 Å². The summed E-state index contributed by atoms with van der Waals surface area (Å²) in [5.74, 6) is -4.01. The molecule has 1 unspecified atom stereocenters. The number of nitrogens with one attached hydrogen (secondary N) is 8. The maximum Gasteiger partial charge on any atom is 0.407 e. The van der Waals surface area contributed by atoms with Crippen LogP contribution in [0.2, 0.25) is 0 Å². The Labute approximate surface area is 445 Å². The number of amides is 7. The number of aromatic nitrogens is 1. The third kappa shape index (κ3) is 14.8. The van der Waals surface area contributed by atoms with Crippen molar-refractivity contribution in [3.63, 3.8) is 0 Å². The average molecular weight is 1050 g/mol. The highest BCUT2D eigenvalue weighted by Gasteiger charge is 2.45. The highest BCUT2D eigenvalue weighted by atomic mass is 16.6. The van der Waals surface area contributed by atoms with Gasteiger partial charge in [0.1, 0.15) is 48.7 Å². The standard InChI is InChI=1S/C57H65N11O9/c58-27-13-12-22-44-51(69)64-45(30-37-23-25-40(26-24-37)76-35-38-16-6-2-7-17-38)52(70)65-46(31-36-14-4-1-5-15-36)56(74)68-34-41(77-57(75)60-29-28-59)32-48(68)53(71)66-49(39-18-8-3-9-19-39)54(72)67-50(55(73)63-44)62-47-33-61-43-21-11-10-20-42(43)47/h1-11,14-21,23-26,33,41,44-46,48-50,61-62H,12-13,22,27-32,34-35,58-59H2,(H,60,75)(H,63,73)(H,64,69)(H,65,70)(H,66,71)(H,67,72)/t41-,44?,45+,46+,48+,49+,50+/m1/s1. The second-order valence-corrected chi connectivity index (χ2v) is 19.0. The predicted octanol–water partition coefficient (Wildman–Crippen LogP) is 3.20. The number of carbonyl (C=O) groups is 7. The Hall–Kier alpha value is -8.75. The number of rotatable bonds is 17. The van der Waals surface area contributed by atoms with Gasteiger partial charge in [0, 0.05) is 49.5 Å². The van der Waals surface area contributed by atoms with Crippen LogP contribution in [0.3, 0.4) is 0 Å². The molecular weight excluding hydrogens is 983 g/mol. The van der Waals surface area contributed by atoms with Crippen LogP contribution in [0.5, 0.6) is 5.75 Å². The van der Waals surface area contributed by atoms with Crippen molar-refractivity contribution in [1.29, 1.82) is 0 Å². The lowest BCUT2D eigenvalue weighted by molar-refractivity contribution is -0.143. The molecule has 2 fully saturated rings. The summed E-state index contributed by atoms with van der Waals surface area (Å²) in [5, 5.41) is 20.7. The number of anilines is 1. The van der Waals surface area contributed by atoms with Gasteiger partial charge in [0.15, 0.2) is 6.17 Å². The first-order valence-corrected chi connectivity index (χ1v) is 25.8. The van der Waals surface area contributed by atoms with E-state index in [0.29, 0.717) is 59.5 Å². The smallest absolute Gasteiger partial charge is 0.407 e. The van der Waals surface area contributed by atoms with Gasteiger partial charge in [-0.1, -0.05) is 121 Å². The van der Waals surface area contributed by atoms with E-state index in [9.17, 15) is 24.0 Å². The molecule has 2 saturated heterocycles. The Morgan fingerprint density at radius 1 is 0.610 bits per heavy atom. The third-order valence-electron chi connectivity index (χ3n) is 13.4. The number of carbonyl (C=O) groups excluding carboxylic acids is 7. The molecule has 402 valence electrons. The van der Waals surface area contributed by atoms with Gasteiger partial charge in [0.25, 0.3) is 5.91 Å². The van der Waals surface area contributed by atoms with Crippen molar-refractivity contribution in [1.82, 2.24) is 41.8 Å². The van der Waals surface area contributed by atoms with E-state index in [1.54, 1.807) is 91.1 Å². The minimum absolute atomic E-state index is 0.0511. The van der Waals surface area contributed by atoms with Gasteiger partial charge in [-0.15, -0.1) is 0 Å². The number of hydrogen-bond donors (Lipinski definition) is 10. The zero-order valence-electron chi connectivity index (χ0n) is 42.5. The Morgan fingerprint density at radius 3 is 1.95 bits per heavy atom. The molecule has 0 aliphatic carbocycles. The van der Waals surface area contributed by atoms with Gasteiger partial charge >= 0.3 is 6.09 Å². The van der Waals surface area contributed by atoms with E-state index in [1.807, 2.05) is 54.6 Å². The first-order valence-electron chi connectivity index (χ1n) is 25.8. The molecule has 8 rings (SSSR count). The van der Waals surface area contributed by atoms with Gasteiger partial charge in [-0.25, -0.2) is 4.79 Å². The molecule has 2 aliphatic rings. The first-order chi connectivity index (χ1) is 37.5. The molecule has 0 bridgehead atoms. The average Bonchev–Trinajstić information content (AvgIpc) is 4.08. The quantitative estimate of drug-likeness (QED) is 0.0590. The molecule has 7 amide bonds. The van der Waals surface area contributed by atoms with Gasteiger partial charge < -0.3 is 68.0 Å². The molecular formula is C57H65N11O9. The summed E-state index contributed by atoms with van der Waals surface area (Å²) in [5.41, 5.74) is 15.3. The van der Waals surface area contributed by atoms with E-state index in [1.165, 1.54) is 4.90 Å². The number of benzene rings is 5. The number of para-hydroxylation sites is 1. The topological polar surface area (TPSA) is 293 Å². The molecule has 2 aliphatic heterocycles. The number of hydrogen-bond acceptors (Lipinski definition) is 12. The number of nitrogens with two attached hydrogens (primary N) is 2. The maximum absolute atomic E-state index is 15.3. The summed E-state index contributed by atoms with van der Waals surface area (Å²) in [4.78, 5) is 107. The lowest BCUT2D eigenvalue weighted by atomic mass is 10.0. The van der Waals surface area contributed by atoms with Gasteiger partial charge in [0.05, 0.1) is 12.2 Å². The number of unbranched alkanes of at least 4 members (excludes halogenated alkanes) is 1. The van der Waals surface area contributed by atoms with Gasteiger partial charge in [-0.05, 0) is 66.3 Å². The molecule has 77 heavy (non-hydrogen) atoms. The Bertz CT molecular complexity index is 2960. The third-order valence-corrected chi connectivity index (χ3v) is 13.4. The molecule has 3 heterocycles. The van der Waals surface area contributed by atoms with Gasteiger partial charge in [-0.2, -0.15) is 0 Å². The highest BCUT2D eigenvalue weighted by molar-refractivity contribution is 6.01. The van der Waals surface area contributed by atoms with E-state index < -0.39 is 84.0 Å². The number of nitrogens with zero attached hydrogens (tertiary/aromatic N) is 1. The number of H-pyrrole nitrogens is 1. The number of ether oxygens (including phenoxy) is 2. The first kappa shape index (κ1) is 54.5. The lowest BCUT2D eigenvalue weighted by Crippen LogP contribution is -2.61. The Morgan fingerprint density at radius 2 is 1.23 bits per heavy atom. The molecule has 0 spiro atoms. The van der Waals surface area contributed by atoms with Crippen LogP contribution in [-0.2, 0) is 53.0 Å². The number of aromatic amines is 1. The monoisotopic (exact) mass is 1050 g/mol. The fourth-order valence-corrected chi connectivity index (χ4v) is 9.38. The van der Waals surface area contributed by atoms with Crippen molar-refractivity contribution in [2.45, 2.75) is 87.6 Å². The van der Waals surface area contributed by atoms with Crippen LogP contribution >= 0.6 is 0 Å². The van der Waals surface area contributed by atoms with Crippen LogP contribution in [0, 0.1) is 0 Å². The van der Waals surface area contributed by atoms with Crippen LogP contribution in [0.25, 0.3) is 10.9 Å². The molecule has 0 saturated carbocycles. The fraction of sp³-hybridized carbons (Fsp3) is 0.316. The second kappa shape index (κ2) is 26.6. The molecule has 0 radical (unpaired) electrons. The Kier molecular flexibility index (Phi) is 18.9. The van der Waals surface area contributed by atoms with Crippen molar-refractivity contribution >= 4 is 58.1 Å². The van der Waals surface area contributed by atoms with E-state index in [0.717, 1.165) is 11.1 Å². The summed E-state index contributed by atoms with van der Waals surface area (Å²) in [6.07, 6.45) is -1.10. The van der Waals surface area contributed by atoms with Gasteiger partial charge in [0.2, 0.25) is 29.5 Å². The summed E-state index contributed by atoms with van der Waals surface area (Å²) < 4.78 is 11.8. The molecule has 20 nitrogen and oxygen atoms in total. The Balaban J connectivity index is 1.19. The van der Waals surface area contributed by atoms with Crippen LogP contribution in [0.4, 0.5) is 10.5 Å². The molecule has 7 atom stereocenters. The van der Waals surface area contributed by atoms with Crippen molar-refractivity contribution in [3.8, 4) is 5.75 Å². The van der Waals surface area contributed by atoms with Crippen LogP contribution in [-0.4, -0.2) is 114 Å². The second-order valence-electron chi connectivity index (χ2n) is 19.0. The van der Waals surface area contributed by atoms with Crippen LogP contribution in [0.15, 0.2) is 146 Å². The molecule has 20 heteroatoms. The van der Waals surface area contributed by atoms with Crippen molar-refractivity contribution in [3.05, 3.63) is 168 Å². The van der Waals surface area contributed by atoms with Crippen molar-refractivity contribution in [2.24, 2.45) is 11.5 Å². The van der Waals surface area contributed by atoms with E-state index in [2.05, 4.69) is 42.2 Å². The maximum atomic E-state index is 15.3. The molecule has 5 aromatic carbocycles.